The molecule has 0 N–H and O–H groups in total. The van der Waals surface area contributed by atoms with E-state index in [1.54, 1.807) is 0 Å². The lowest BCUT2D eigenvalue weighted by molar-refractivity contribution is -0.148. The molecule has 2 nitrogen and oxygen atoms in total. The molecule has 0 unspecified atom stereocenters. The maximum absolute atomic E-state index is 11.7. The molecule has 0 aliphatic heterocycles. The molecule has 0 heterocycles. The summed E-state index contributed by atoms with van der Waals surface area (Å²) in [5.74, 6) is 0.00180. The van der Waals surface area contributed by atoms with Crippen molar-refractivity contribution in [3.63, 3.8) is 0 Å². The number of rotatable bonds is 15. The van der Waals surface area contributed by atoms with Gasteiger partial charge >= 0.3 is 5.97 Å². The van der Waals surface area contributed by atoms with E-state index in [1.807, 2.05) is 6.92 Å². The van der Waals surface area contributed by atoms with Gasteiger partial charge in [0, 0.05) is 6.42 Å². The zero-order valence-electron chi connectivity index (χ0n) is 14.8. The standard InChI is InChI=1S/C19H38O2/c1-4-6-8-9-10-11-12-13-15-17-19(20)21-18(3)16-14-7-5-2/h18H,4-17H2,1-3H3/t18-/m1/s1. The molecule has 0 amide bonds. The van der Waals surface area contributed by atoms with Gasteiger partial charge in [-0.25, -0.2) is 0 Å². The van der Waals surface area contributed by atoms with Gasteiger partial charge in [0.05, 0.1) is 6.10 Å². The highest BCUT2D eigenvalue weighted by Crippen LogP contribution is 2.12. The zero-order chi connectivity index (χ0) is 15.8. The number of hydrogen-bond acceptors (Lipinski definition) is 2. The third-order valence-corrected chi connectivity index (χ3v) is 4.03. The molecule has 1 atom stereocenters. The SMILES string of the molecule is CCCCCCCCCCCC(=O)O[C@H](C)CCCCC. The monoisotopic (exact) mass is 298 g/mol. The molecule has 2 heteroatoms. The number of carbonyl (C=O) groups excluding carboxylic acids is 1. The van der Waals surface area contributed by atoms with Crippen molar-refractivity contribution in [2.45, 2.75) is 117 Å². The Morgan fingerprint density at radius 2 is 1.24 bits per heavy atom. The summed E-state index contributed by atoms with van der Waals surface area (Å²) in [6.07, 6.45) is 16.9. The van der Waals surface area contributed by atoms with Crippen molar-refractivity contribution in [3.8, 4) is 0 Å². The molecule has 0 bridgehead atoms. The van der Waals surface area contributed by atoms with Gasteiger partial charge in [0.15, 0.2) is 0 Å². The first-order valence-corrected chi connectivity index (χ1v) is 9.40. The van der Waals surface area contributed by atoms with E-state index in [2.05, 4.69) is 13.8 Å². The molecule has 0 aliphatic rings. The molecule has 0 aromatic heterocycles. The zero-order valence-corrected chi connectivity index (χ0v) is 14.8. The van der Waals surface area contributed by atoms with Crippen molar-refractivity contribution in [1.82, 2.24) is 0 Å². The Labute approximate surface area is 133 Å². The van der Waals surface area contributed by atoms with Crippen LogP contribution < -0.4 is 0 Å². The number of ether oxygens (including phenoxy) is 1. The minimum Gasteiger partial charge on any atom is -0.463 e. The summed E-state index contributed by atoms with van der Waals surface area (Å²) >= 11 is 0. The molecule has 0 radical (unpaired) electrons. The van der Waals surface area contributed by atoms with Crippen LogP contribution in [-0.4, -0.2) is 12.1 Å². The predicted molar refractivity (Wildman–Crippen MR) is 91.5 cm³/mol. The first-order valence-electron chi connectivity index (χ1n) is 9.40. The maximum Gasteiger partial charge on any atom is 0.306 e. The van der Waals surface area contributed by atoms with Crippen molar-refractivity contribution in [2.75, 3.05) is 0 Å². The molecule has 0 aromatic carbocycles. The molecule has 0 aliphatic carbocycles. The molecule has 0 aromatic rings. The topological polar surface area (TPSA) is 26.3 Å². The van der Waals surface area contributed by atoms with Crippen molar-refractivity contribution < 1.29 is 9.53 Å². The van der Waals surface area contributed by atoms with Gasteiger partial charge in [-0.05, 0) is 26.2 Å². The second-order valence-electron chi connectivity index (χ2n) is 6.37. The fourth-order valence-corrected chi connectivity index (χ4v) is 2.60. The van der Waals surface area contributed by atoms with Crippen LogP contribution in [0.1, 0.15) is 111 Å². The van der Waals surface area contributed by atoms with Crippen molar-refractivity contribution in [2.24, 2.45) is 0 Å². The minimum absolute atomic E-state index is 0.00180. The van der Waals surface area contributed by atoms with Gasteiger partial charge in [0.2, 0.25) is 0 Å². The lowest BCUT2D eigenvalue weighted by Crippen LogP contribution is -2.14. The van der Waals surface area contributed by atoms with Crippen LogP contribution in [0.3, 0.4) is 0 Å². The first kappa shape index (κ1) is 20.5. The summed E-state index contributed by atoms with van der Waals surface area (Å²) in [5.41, 5.74) is 0. The Bertz CT molecular complexity index is 226. The van der Waals surface area contributed by atoms with Crippen molar-refractivity contribution in [1.29, 1.82) is 0 Å². The van der Waals surface area contributed by atoms with E-state index in [1.165, 1.54) is 70.6 Å². The van der Waals surface area contributed by atoms with E-state index >= 15 is 0 Å². The molecule has 0 saturated carbocycles. The van der Waals surface area contributed by atoms with Crippen LogP contribution in [0.4, 0.5) is 0 Å². The average Bonchev–Trinajstić information content (AvgIpc) is 2.45. The lowest BCUT2D eigenvalue weighted by atomic mass is 10.1. The Kier molecular flexibility index (Phi) is 15.5. The van der Waals surface area contributed by atoms with Crippen LogP contribution in [0.15, 0.2) is 0 Å². The smallest absolute Gasteiger partial charge is 0.306 e. The Balaban J connectivity index is 3.29. The largest absolute Gasteiger partial charge is 0.463 e. The van der Waals surface area contributed by atoms with Crippen LogP contribution in [0.2, 0.25) is 0 Å². The molecule has 0 saturated heterocycles. The van der Waals surface area contributed by atoms with Gasteiger partial charge in [0.25, 0.3) is 0 Å². The summed E-state index contributed by atoms with van der Waals surface area (Å²) in [4.78, 5) is 11.7. The van der Waals surface area contributed by atoms with Crippen LogP contribution in [0, 0.1) is 0 Å². The van der Waals surface area contributed by atoms with Gasteiger partial charge < -0.3 is 4.74 Å². The Morgan fingerprint density at radius 1 is 0.762 bits per heavy atom. The summed E-state index contributed by atoms with van der Waals surface area (Å²) < 4.78 is 5.43. The van der Waals surface area contributed by atoms with E-state index in [0.29, 0.717) is 6.42 Å². The van der Waals surface area contributed by atoms with E-state index in [4.69, 9.17) is 4.74 Å². The molecule has 126 valence electrons. The highest BCUT2D eigenvalue weighted by Gasteiger charge is 2.08. The maximum atomic E-state index is 11.7. The second-order valence-corrected chi connectivity index (χ2v) is 6.37. The lowest BCUT2D eigenvalue weighted by Gasteiger charge is -2.12. The van der Waals surface area contributed by atoms with E-state index in [9.17, 15) is 4.79 Å². The highest BCUT2D eigenvalue weighted by molar-refractivity contribution is 5.69. The van der Waals surface area contributed by atoms with Crippen LogP contribution in [0.5, 0.6) is 0 Å². The Hall–Kier alpha value is -0.530. The van der Waals surface area contributed by atoms with Gasteiger partial charge in [-0.1, -0.05) is 78.1 Å². The van der Waals surface area contributed by atoms with E-state index < -0.39 is 0 Å². The number of hydrogen-bond donors (Lipinski definition) is 0. The number of carbonyl (C=O) groups is 1. The minimum atomic E-state index is 0.00180. The van der Waals surface area contributed by atoms with E-state index in [-0.39, 0.29) is 12.1 Å². The summed E-state index contributed by atoms with van der Waals surface area (Å²) in [7, 11) is 0. The average molecular weight is 299 g/mol. The van der Waals surface area contributed by atoms with Crippen LogP contribution in [-0.2, 0) is 9.53 Å². The summed E-state index contributed by atoms with van der Waals surface area (Å²) in [6.45, 7) is 6.47. The molecule has 21 heavy (non-hydrogen) atoms. The van der Waals surface area contributed by atoms with Crippen LogP contribution >= 0.6 is 0 Å². The van der Waals surface area contributed by atoms with Crippen molar-refractivity contribution >= 4 is 5.97 Å². The third-order valence-electron chi connectivity index (χ3n) is 4.03. The summed E-state index contributed by atoms with van der Waals surface area (Å²) in [6, 6.07) is 0. The Morgan fingerprint density at radius 3 is 1.81 bits per heavy atom. The van der Waals surface area contributed by atoms with Gasteiger partial charge in [-0.3, -0.25) is 4.79 Å². The quantitative estimate of drug-likeness (QED) is 0.257. The van der Waals surface area contributed by atoms with Gasteiger partial charge in [-0.2, -0.15) is 0 Å². The molecule has 0 rings (SSSR count). The summed E-state index contributed by atoms with van der Waals surface area (Å²) in [5, 5.41) is 0. The fourth-order valence-electron chi connectivity index (χ4n) is 2.60. The van der Waals surface area contributed by atoms with E-state index in [0.717, 1.165) is 12.8 Å². The molecular formula is C19H38O2. The van der Waals surface area contributed by atoms with Gasteiger partial charge in [0.1, 0.15) is 0 Å². The molecular weight excluding hydrogens is 260 g/mol. The molecule has 0 spiro atoms. The fraction of sp³-hybridized carbons (Fsp3) is 0.947. The van der Waals surface area contributed by atoms with Crippen LogP contribution in [0.25, 0.3) is 0 Å². The first-order chi connectivity index (χ1) is 10.2. The number of esters is 1. The molecule has 0 fully saturated rings. The third kappa shape index (κ3) is 15.7. The second kappa shape index (κ2) is 15.9. The number of unbranched alkanes of at least 4 members (excludes halogenated alkanes) is 10. The highest BCUT2D eigenvalue weighted by atomic mass is 16.5. The van der Waals surface area contributed by atoms with Gasteiger partial charge in [-0.15, -0.1) is 0 Å². The normalized spacial score (nSPS) is 12.3. The predicted octanol–water partition coefficient (Wildman–Crippen LogP) is 6.42. The van der Waals surface area contributed by atoms with Crippen molar-refractivity contribution in [3.05, 3.63) is 0 Å².